The summed E-state index contributed by atoms with van der Waals surface area (Å²) in [5.41, 5.74) is 0.495. The second-order valence-corrected chi connectivity index (χ2v) is 9.97. The zero-order valence-electron chi connectivity index (χ0n) is 15.5. The SMILES string of the molecule is O=C(Nc1cccc(S(=O)(=O)Nc2ccccc2Cl)c1)c1sc2cc(F)ccc2c1Cl. The van der Waals surface area contributed by atoms with Gasteiger partial charge in [0.05, 0.1) is 20.6 Å². The summed E-state index contributed by atoms with van der Waals surface area (Å²) in [6.45, 7) is 0. The van der Waals surface area contributed by atoms with Crippen LogP contribution in [0.3, 0.4) is 0 Å². The molecule has 0 saturated carbocycles. The lowest BCUT2D eigenvalue weighted by Gasteiger charge is -2.11. The van der Waals surface area contributed by atoms with Crippen LogP contribution < -0.4 is 10.0 Å². The van der Waals surface area contributed by atoms with Crippen LogP contribution in [0, 0.1) is 5.82 Å². The van der Waals surface area contributed by atoms with Crippen LogP contribution in [0.15, 0.2) is 71.6 Å². The number of fused-ring (bicyclic) bond motifs is 1. The minimum absolute atomic E-state index is 0.0604. The van der Waals surface area contributed by atoms with Crippen molar-refractivity contribution in [3.8, 4) is 0 Å². The molecule has 0 aliphatic heterocycles. The second kappa shape index (κ2) is 8.47. The number of benzene rings is 3. The molecule has 10 heteroatoms. The smallest absolute Gasteiger partial charge is 0.267 e. The molecule has 3 aromatic carbocycles. The van der Waals surface area contributed by atoms with Crippen LogP contribution in [0.2, 0.25) is 10.0 Å². The molecule has 0 aliphatic rings. The number of rotatable bonds is 5. The predicted molar refractivity (Wildman–Crippen MR) is 123 cm³/mol. The summed E-state index contributed by atoms with van der Waals surface area (Å²) in [5, 5.41) is 3.67. The van der Waals surface area contributed by atoms with Gasteiger partial charge in [0.1, 0.15) is 10.7 Å². The van der Waals surface area contributed by atoms with Gasteiger partial charge >= 0.3 is 0 Å². The number of para-hydroxylation sites is 1. The van der Waals surface area contributed by atoms with Gasteiger partial charge in [0.25, 0.3) is 15.9 Å². The monoisotopic (exact) mass is 494 g/mol. The summed E-state index contributed by atoms with van der Waals surface area (Å²) in [6, 6.07) is 16.3. The van der Waals surface area contributed by atoms with Crippen LogP contribution in [-0.4, -0.2) is 14.3 Å². The zero-order chi connectivity index (χ0) is 22.2. The van der Waals surface area contributed by atoms with Gasteiger partial charge in [0.2, 0.25) is 0 Å². The summed E-state index contributed by atoms with van der Waals surface area (Å²) >= 11 is 13.4. The van der Waals surface area contributed by atoms with Gasteiger partial charge in [0, 0.05) is 15.8 Å². The van der Waals surface area contributed by atoms with E-state index in [0.717, 1.165) is 11.3 Å². The fourth-order valence-corrected chi connectivity index (χ4v) is 5.66. The van der Waals surface area contributed by atoms with Gasteiger partial charge in [-0.3, -0.25) is 9.52 Å². The Morgan fingerprint density at radius 2 is 1.74 bits per heavy atom. The summed E-state index contributed by atoms with van der Waals surface area (Å²) < 4.78 is 41.9. The second-order valence-electron chi connectivity index (χ2n) is 6.45. The highest BCUT2D eigenvalue weighted by atomic mass is 35.5. The van der Waals surface area contributed by atoms with Crippen molar-refractivity contribution < 1.29 is 17.6 Å². The highest BCUT2D eigenvalue weighted by Gasteiger charge is 2.20. The maximum Gasteiger partial charge on any atom is 0.267 e. The molecule has 4 aromatic rings. The lowest BCUT2D eigenvalue weighted by Crippen LogP contribution is -2.15. The van der Waals surface area contributed by atoms with Crippen molar-refractivity contribution in [2.75, 3.05) is 10.0 Å². The summed E-state index contributed by atoms with van der Waals surface area (Å²) in [7, 11) is -3.94. The lowest BCUT2D eigenvalue weighted by atomic mass is 10.2. The average molecular weight is 495 g/mol. The quantitative estimate of drug-likeness (QED) is 0.337. The Balaban J connectivity index is 1.59. The maximum absolute atomic E-state index is 13.5. The Bertz CT molecular complexity index is 1420. The molecule has 1 aromatic heterocycles. The number of hydrogen-bond donors (Lipinski definition) is 2. The molecule has 1 heterocycles. The van der Waals surface area contributed by atoms with Crippen LogP contribution in [0.5, 0.6) is 0 Å². The first-order chi connectivity index (χ1) is 14.7. The van der Waals surface area contributed by atoms with Crippen molar-refractivity contribution in [3.63, 3.8) is 0 Å². The Morgan fingerprint density at radius 3 is 2.52 bits per heavy atom. The molecule has 0 aliphatic carbocycles. The number of anilines is 2. The number of carbonyl (C=O) groups excluding carboxylic acids is 1. The van der Waals surface area contributed by atoms with Crippen molar-refractivity contribution in [1.29, 1.82) is 0 Å². The fraction of sp³-hybridized carbons (Fsp3) is 0. The molecular weight excluding hydrogens is 482 g/mol. The first kappa shape index (κ1) is 21.6. The predicted octanol–water partition coefficient (Wildman–Crippen LogP) is 6.40. The molecule has 0 unspecified atom stereocenters. The van der Waals surface area contributed by atoms with E-state index < -0.39 is 21.7 Å². The Labute approximate surface area is 191 Å². The fourth-order valence-electron chi connectivity index (χ4n) is 2.86. The van der Waals surface area contributed by atoms with E-state index in [0.29, 0.717) is 10.1 Å². The molecule has 158 valence electrons. The zero-order valence-corrected chi connectivity index (χ0v) is 18.7. The van der Waals surface area contributed by atoms with Crippen molar-refractivity contribution >= 4 is 71.9 Å². The average Bonchev–Trinajstić information content (AvgIpc) is 3.05. The van der Waals surface area contributed by atoms with Crippen LogP contribution in [0.25, 0.3) is 10.1 Å². The molecule has 5 nitrogen and oxygen atoms in total. The van der Waals surface area contributed by atoms with Crippen LogP contribution in [0.4, 0.5) is 15.8 Å². The first-order valence-electron chi connectivity index (χ1n) is 8.81. The number of hydrogen-bond acceptors (Lipinski definition) is 4. The Hall–Kier alpha value is -2.65. The number of halogens is 3. The minimum Gasteiger partial charge on any atom is -0.321 e. The summed E-state index contributed by atoms with van der Waals surface area (Å²) in [5.74, 6) is -0.957. The molecule has 0 saturated heterocycles. The molecule has 1 amide bonds. The van der Waals surface area contributed by atoms with Crippen molar-refractivity contribution in [2.45, 2.75) is 4.90 Å². The Kier molecular flexibility index (Phi) is 5.90. The third kappa shape index (κ3) is 4.52. The maximum atomic E-state index is 13.5. The number of sulfonamides is 1. The van der Waals surface area contributed by atoms with E-state index in [4.69, 9.17) is 23.2 Å². The number of amides is 1. The van der Waals surface area contributed by atoms with Gasteiger partial charge in [-0.05, 0) is 48.5 Å². The Morgan fingerprint density at radius 1 is 0.968 bits per heavy atom. The first-order valence-corrected chi connectivity index (χ1v) is 11.9. The van der Waals surface area contributed by atoms with Crippen molar-refractivity contribution in [1.82, 2.24) is 0 Å². The topological polar surface area (TPSA) is 75.3 Å². The van der Waals surface area contributed by atoms with Crippen molar-refractivity contribution in [3.05, 3.63) is 87.5 Å². The third-order valence-corrected chi connectivity index (χ3v) is 7.67. The molecule has 0 fully saturated rings. The molecule has 4 rings (SSSR count). The molecule has 0 atom stereocenters. The summed E-state index contributed by atoms with van der Waals surface area (Å²) in [6.07, 6.45) is 0. The number of thiophene rings is 1. The minimum atomic E-state index is -3.94. The van der Waals surface area contributed by atoms with Crippen LogP contribution in [0.1, 0.15) is 9.67 Å². The van der Waals surface area contributed by atoms with Gasteiger partial charge in [-0.15, -0.1) is 11.3 Å². The van der Waals surface area contributed by atoms with Crippen molar-refractivity contribution in [2.24, 2.45) is 0 Å². The van der Waals surface area contributed by atoms with Crippen LogP contribution in [-0.2, 0) is 10.0 Å². The summed E-state index contributed by atoms with van der Waals surface area (Å²) in [4.78, 5) is 12.9. The van der Waals surface area contributed by atoms with Gasteiger partial charge < -0.3 is 5.32 Å². The number of nitrogens with one attached hydrogen (secondary N) is 2. The van der Waals surface area contributed by atoms with E-state index in [1.165, 1.54) is 42.5 Å². The highest BCUT2D eigenvalue weighted by molar-refractivity contribution is 7.92. The van der Waals surface area contributed by atoms with E-state index in [1.807, 2.05) is 0 Å². The highest BCUT2D eigenvalue weighted by Crippen LogP contribution is 2.36. The normalized spacial score (nSPS) is 11.5. The van der Waals surface area contributed by atoms with Gasteiger partial charge in [-0.25, -0.2) is 12.8 Å². The van der Waals surface area contributed by atoms with E-state index >= 15 is 0 Å². The molecule has 2 N–H and O–H groups in total. The van der Waals surface area contributed by atoms with Gasteiger partial charge in [0.15, 0.2) is 0 Å². The molecule has 0 radical (unpaired) electrons. The van der Waals surface area contributed by atoms with E-state index in [-0.39, 0.29) is 31.2 Å². The van der Waals surface area contributed by atoms with Gasteiger partial charge in [-0.1, -0.05) is 41.4 Å². The molecule has 31 heavy (non-hydrogen) atoms. The van der Waals surface area contributed by atoms with Crippen LogP contribution >= 0.6 is 34.5 Å². The lowest BCUT2D eigenvalue weighted by molar-refractivity contribution is 0.103. The van der Waals surface area contributed by atoms with E-state index in [1.54, 1.807) is 24.3 Å². The standard InChI is InChI=1S/C21H13Cl2FN2O3S2/c22-16-6-1-2-7-17(16)26-31(28,29)14-5-3-4-13(11-14)25-21(27)20-19(23)15-9-8-12(24)10-18(15)30-20/h1-11,26H,(H,25,27). The molecule has 0 spiro atoms. The third-order valence-electron chi connectivity index (χ3n) is 4.32. The van der Waals surface area contributed by atoms with E-state index in [2.05, 4.69) is 10.0 Å². The molecule has 0 bridgehead atoms. The van der Waals surface area contributed by atoms with Gasteiger partial charge in [-0.2, -0.15) is 0 Å². The van der Waals surface area contributed by atoms with E-state index in [9.17, 15) is 17.6 Å². The molecular formula is C21H13Cl2FN2O3S2. The largest absolute Gasteiger partial charge is 0.321 e. The number of carbonyl (C=O) groups is 1.